The summed E-state index contributed by atoms with van der Waals surface area (Å²) in [5.41, 5.74) is 2.66. The number of rotatable bonds is 4. The smallest absolute Gasteiger partial charge is 0.256 e. The third kappa shape index (κ3) is 4.33. The minimum atomic E-state index is -0.430. The van der Waals surface area contributed by atoms with Crippen molar-refractivity contribution in [3.05, 3.63) is 89.6 Å². The number of benzene rings is 2. The molecule has 2 saturated heterocycles. The van der Waals surface area contributed by atoms with E-state index < -0.39 is 6.04 Å². The third-order valence-corrected chi connectivity index (χ3v) is 7.54. The average molecular weight is 496 g/mol. The first-order chi connectivity index (χ1) is 18.1. The van der Waals surface area contributed by atoms with Gasteiger partial charge in [0.2, 0.25) is 5.91 Å². The summed E-state index contributed by atoms with van der Waals surface area (Å²) in [5.74, 6) is 0.779. The number of piperazine rings is 1. The molecule has 37 heavy (non-hydrogen) atoms. The van der Waals surface area contributed by atoms with E-state index in [0.29, 0.717) is 49.4 Å². The molecule has 3 aliphatic heterocycles. The van der Waals surface area contributed by atoms with Gasteiger partial charge in [-0.15, -0.1) is 0 Å². The van der Waals surface area contributed by atoms with Crippen LogP contribution in [0.1, 0.15) is 39.1 Å². The predicted molar refractivity (Wildman–Crippen MR) is 140 cm³/mol. The maximum Gasteiger partial charge on any atom is 0.256 e. The highest BCUT2D eigenvalue weighted by Gasteiger charge is 2.41. The molecule has 4 heterocycles. The number of anilines is 2. The molecule has 6 rings (SSSR count). The van der Waals surface area contributed by atoms with Crippen LogP contribution < -0.4 is 9.80 Å². The SMILES string of the molecule is O=C(c1cccc(CN2C(=O)C3CCCN3C(=O)c3ccccc32)c1)N1CCN(c2ccccn2)CC1. The topological polar surface area (TPSA) is 77.1 Å². The first-order valence-electron chi connectivity index (χ1n) is 12.9. The van der Waals surface area contributed by atoms with Crippen LogP contribution in [0.25, 0.3) is 0 Å². The van der Waals surface area contributed by atoms with Crippen molar-refractivity contribution < 1.29 is 14.4 Å². The molecule has 3 amide bonds. The zero-order valence-corrected chi connectivity index (χ0v) is 20.6. The number of fused-ring (bicyclic) bond motifs is 2. The highest BCUT2D eigenvalue weighted by molar-refractivity contribution is 6.11. The van der Waals surface area contributed by atoms with Crippen molar-refractivity contribution in [2.75, 3.05) is 42.5 Å². The van der Waals surface area contributed by atoms with Crippen LogP contribution in [0.15, 0.2) is 72.9 Å². The molecule has 1 aromatic heterocycles. The maximum atomic E-state index is 13.6. The second kappa shape index (κ2) is 9.69. The van der Waals surface area contributed by atoms with Crippen molar-refractivity contribution in [3.8, 4) is 0 Å². The standard InChI is InChI=1S/C29H29N5O3/c35-27(32-17-15-31(16-18-32)26-12-3-4-13-30-26)22-8-5-7-21(19-22)20-34-24-10-2-1-9-23(24)28(36)33-14-6-11-25(33)29(34)37/h1-5,7-10,12-13,19,25H,6,11,14-18,20H2. The fraction of sp³-hybridized carbons (Fsp3) is 0.310. The average Bonchev–Trinajstić information content (AvgIpc) is 3.43. The molecule has 3 aromatic rings. The largest absolute Gasteiger partial charge is 0.353 e. The summed E-state index contributed by atoms with van der Waals surface area (Å²) in [6, 6.07) is 20.3. The van der Waals surface area contributed by atoms with Gasteiger partial charge in [0.1, 0.15) is 11.9 Å². The first kappa shape index (κ1) is 23.2. The van der Waals surface area contributed by atoms with E-state index in [2.05, 4.69) is 9.88 Å². The van der Waals surface area contributed by atoms with E-state index in [-0.39, 0.29) is 17.7 Å². The molecule has 0 saturated carbocycles. The van der Waals surface area contributed by atoms with Crippen LogP contribution >= 0.6 is 0 Å². The van der Waals surface area contributed by atoms with E-state index in [1.165, 1.54) is 0 Å². The lowest BCUT2D eigenvalue weighted by atomic mass is 10.1. The molecule has 0 radical (unpaired) electrons. The second-order valence-electron chi connectivity index (χ2n) is 9.77. The van der Waals surface area contributed by atoms with Gasteiger partial charge in [0.25, 0.3) is 11.8 Å². The van der Waals surface area contributed by atoms with Gasteiger partial charge < -0.3 is 19.6 Å². The molecular weight excluding hydrogens is 466 g/mol. The number of carbonyl (C=O) groups is 3. The molecule has 0 aliphatic carbocycles. The summed E-state index contributed by atoms with van der Waals surface area (Å²) in [6.45, 7) is 3.62. The number of amides is 3. The summed E-state index contributed by atoms with van der Waals surface area (Å²) < 4.78 is 0. The normalized spacial score (nSPS) is 19.5. The second-order valence-corrected chi connectivity index (χ2v) is 9.77. The third-order valence-electron chi connectivity index (χ3n) is 7.54. The summed E-state index contributed by atoms with van der Waals surface area (Å²) in [7, 11) is 0. The number of hydrogen-bond donors (Lipinski definition) is 0. The van der Waals surface area contributed by atoms with Crippen LogP contribution in [0.4, 0.5) is 11.5 Å². The highest BCUT2D eigenvalue weighted by atomic mass is 16.2. The van der Waals surface area contributed by atoms with Gasteiger partial charge in [-0.3, -0.25) is 14.4 Å². The van der Waals surface area contributed by atoms with Crippen LogP contribution in [0.2, 0.25) is 0 Å². The Balaban J connectivity index is 1.21. The number of para-hydroxylation sites is 1. The van der Waals surface area contributed by atoms with Gasteiger partial charge in [-0.25, -0.2) is 4.98 Å². The van der Waals surface area contributed by atoms with Gasteiger partial charge in [-0.1, -0.05) is 30.3 Å². The molecule has 188 valence electrons. The molecule has 8 nitrogen and oxygen atoms in total. The summed E-state index contributed by atoms with van der Waals surface area (Å²) >= 11 is 0. The zero-order valence-electron chi connectivity index (χ0n) is 20.6. The summed E-state index contributed by atoms with van der Waals surface area (Å²) in [6.07, 6.45) is 3.29. The molecule has 2 aromatic carbocycles. The minimum absolute atomic E-state index is 0.0118. The Labute approximate surface area is 216 Å². The Morgan fingerprint density at radius 3 is 2.51 bits per heavy atom. The van der Waals surface area contributed by atoms with Crippen molar-refractivity contribution in [2.24, 2.45) is 0 Å². The van der Waals surface area contributed by atoms with Crippen molar-refractivity contribution in [3.63, 3.8) is 0 Å². The van der Waals surface area contributed by atoms with Crippen LogP contribution in [0.3, 0.4) is 0 Å². The van der Waals surface area contributed by atoms with Gasteiger partial charge >= 0.3 is 0 Å². The van der Waals surface area contributed by atoms with E-state index >= 15 is 0 Å². The lowest BCUT2D eigenvalue weighted by Gasteiger charge is -2.35. The van der Waals surface area contributed by atoms with Crippen molar-refractivity contribution in [1.82, 2.24) is 14.8 Å². The van der Waals surface area contributed by atoms with Gasteiger partial charge in [0.15, 0.2) is 0 Å². The minimum Gasteiger partial charge on any atom is -0.353 e. The lowest BCUT2D eigenvalue weighted by molar-refractivity contribution is -0.122. The van der Waals surface area contributed by atoms with Gasteiger partial charge in [-0.05, 0) is 54.8 Å². The number of pyridine rings is 1. The van der Waals surface area contributed by atoms with Crippen LogP contribution in [-0.4, -0.2) is 71.3 Å². The van der Waals surface area contributed by atoms with E-state index in [1.807, 2.05) is 65.6 Å². The Bertz CT molecular complexity index is 1340. The predicted octanol–water partition coefficient (Wildman–Crippen LogP) is 3.20. The molecule has 0 spiro atoms. The monoisotopic (exact) mass is 495 g/mol. The van der Waals surface area contributed by atoms with Crippen LogP contribution in [-0.2, 0) is 11.3 Å². The summed E-state index contributed by atoms with van der Waals surface area (Å²) in [5, 5.41) is 0. The van der Waals surface area contributed by atoms with Crippen LogP contribution in [0, 0.1) is 0 Å². The Kier molecular flexibility index (Phi) is 6.08. The number of hydrogen-bond acceptors (Lipinski definition) is 5. The van der Waals surface area contributed by atoms with Gasteiger partial charge in [0, 0.05) is 44.5 Å². The Morgan fingerprint density at radius 1 is 0.892 bits per heavy atom. The van der Waals surface area contributed by atoms with E-state index in [4.69, 9.17) is 0 Å². The van der Waals surface area contributed by atoms with Gasteiger partial charge in [0.05, 0.1) is 17.8 Å². The quantitative estimate of drug-likeness (QED) is 0.556. The molecule has 3 aliphatic rings. The lowest BCUT2D eigenvalue weighted by Crippen LogP contribution is -2.49. The maximum absolute atomic E-state index is 13.6. The molecular formula is C29H29N5O3. The van der Waals surface area contributed by atoms with Crippen molar-refractivity contribution in [1.29, 1.82) is 0 Å². The summed E-state index contributed by atoms with van der Waals surface area (Å²) in [4.78, 5) is 52.1. The molecule has 0 bridgehead atoms. The molecule has 2 fully saturated rings. The Morgan fingerprint density at radius 2 is 1.70 bits per heavy atom. The van der Waals surface area contributed by atoms with Crippen molar-refractivity contribution >= 4 is 29.2 Å². The van der Waals surface area contributed by atoms with E-state index in [9.17, 15) is 14.4 Å². The van der Waals surface area contributed by atoms with E-state index in [0.717, 1.165) is 30.9 Å². The number of nitrogens with zero attached hydrogens (tertiary/aromatic N) is 5. The fourth-order valence-electron chi connectivity index (χ4n) is 5.62. The molecule has 1 unspecified atom stereocenters. The zero-order chi connectivity index (χ0) is 25.4. The molecule has 8 heteroatoms. The number of aromatic nitrogens is 1. The molecule has 1 atom stereocenters. The number of carbonyl (C=O) groups excluding carboxylic acids is 3. The fourth-order valence-corrected chi connectivity index (χ4v) is 5.62. The van der Waals surface area contributed by atoms with Gasteiger partial charge in [-0.2, -0.15) is 0 Å². The first-order valence-corrected chi connectivity index (χ1v) is 12.9. The van der Waals surface area contributed by atoms with Crippen molar-refractivity contribution in [2.45, 2.75) is 25.4 Å². The van der Waals surface area contributed by atoms with Crippen LogP contribution in [0.5, 0.6) is 0 Å². The highest BCUT2D eigenvalue weighted by Crippen LogP contribution is 2.33. The molecule has 0 N–H and O–H groups in total. The van der Waals surface area contributed by atoms with E-state index in [1.54, 1.807) is 22.1 Å². The Hall–Kier alpha value is -4.20.